The molecule has 0 saturated carbocycles. The topological polar surface area (TPSA) is 3.24 Å². The van der Waals surface area contributed by atoms with Gasteiger partial charge in [0.25, 0.3) is 0 Å². The van der Waals surface area contributed by atoms with E-state index >= 15 is 0 Å². The van der Waals surface area contributed by atoms with Gasteiger partial charge >= 0.3 is 0 Å². The van der Waals surface area contributed by atoms with Gasteiger partial charge in [0.05, 0.1) is 0 Å². The van der Waals surface area contributed by atoms with Crippen LogP contribution in [0.5, 0.6) is 0 Å². The Labute approximate surface area is 126 Å². The minimum atomic E-state index is 0.672. The monoisotopic (exact) mass is 275 g/mol. The molecule has 1 aliphatic rings. The van der Waals surface area contributed by atoms with E-state index in [2.05, 4.69) is 56.1 Å². The molecule has 1 nitrogen and oxygen atoms in total. The van der Waals surface area contributed by atoms with Crippen LogP contribution in [0.2, 0.25) is 0 Å². The van der Waals surface area contributed by atoms with E-state index in [0.717, 1.165) is 0 Å². The van der Waals surface area contributed by atoms with Crippen LogP contribution >= 0.6 is 0 Å². The van der Waals surface area contributed by atoms with Crippen molar-refractivity contribution in [1.82, 2.24) is 4.90 Å². The zero-order valence-electron chi connectivity index (χ0n) is 13.8. The molecule has 20 heavy (non-hydrogen) atoms. The molecule has 0 N–H and O–H groups in total. The maximum Gasteiger partial charge on any atom is 0.0345 e. The summed E-state index contributed by atoms with van der Waals surface area (Å²) in [5.74, 6) is 0. The average Bonchev–Trinajstić information content (AvgIpc) is 2.92. The van der Waals surface area contributed by atoms with E-state index in [1.54, 1.807) is 0 Å². The van der Waals surface area contributed by atoms with Crippen molar-refractivity contribution in [3.05, 3.63) is 35.9 Å². The molecule has 1 heteroatoms. The lowest BCUT2D eigenvalue weighted by atomic mass is 10.1. The first-order valence-corrected chi connectivity index (χ1v) is 8.54. The molecule has 1 aromatic carbocycles. The number of unbranched alkanes of at least 4 members (excludes halogenated alkanes) is 5. The Balaban J connectivity index is 0.000000221. The molecule has 0 aliphatic carbocycles. The van der Waals surface area contributed by atoms with Crippen LogP contribution in [0.4, 0.5) is 0 Å². The fourth-order valence-electron chi connectivity index (χ4n) is 2.86. The summed E-state index contributed by atoms with van der Waals surface area (Å²) in [4.78, 5) is 2.44. The van der Waals surface area contributed by atoms with Crippen molar-refractivity contribution in [2.45, 2.75) is 71.3 Å². The second kappa shape index (κ2) is 10.9. The minimum absolute atomic E-state index is 0.672. The van der Waals surface area contributed by atoms with Crippen LogP contribution in [0.1, 0.15) is 76.8 Å². The summed E-state index contributed by atoms with van der Waals surface area (Å²) >= 11 is 0. The summed E-state index contributed by atoms with van der Waals surface area (Å²) in [5, 5.41) is 0. The molecule has 1 unspecified atom stereocenters. The highest BCUT2D eigenvalue weighted by molar-refractivity contribution is 5.19. The summed E-state index contributed by atoms with van der Waals surface area (Å²) in [7, 11) is 2.21. The van der Waals surface area contributed by atoms with Crippen molar-refractivity contribution in [2.24, 2.45) is 0 Å². The fourth-order valence-corrected chi connectivity index (χ4v) is 2.86. The Morgan fingerprint density at radius 1 is 0.950 bits per heavy atom. The summed E-state index contributed by atoms with van der Waals surface area (Å²) in [6.07, 6.45) is 11.2. The van der Waals surface area contributed by atoms with E-state index < -0.39 is 0 Å². The minimum Gasteiger partial charge on any atom is -0.299 e. The molecule has 1 fully saturated rings. The maximum atomic E-state index is 2.44. The van der Waals surface area contributed by atoms with Crippen LogP contribution in [0.15, 0.2) is 30.3 Å². The third-order valence-electron chi connectivity index (χ3n) is 4.16. The van der Waals surface area contributed by atoms with E-state index in [1.807, 2.05) is 0 Å². The lowest BCUT2D eigenvalue weighted by Crippen LogP contribution is -2.17. The zero-order chi connectivity index (χ0) is 14.6. The average molecular weight is 275 g/mol. The lowest BCUT2D eigenvalue weighted by Gasteiger charge is -2.19. The normalized spacial score (nSPS) is 18.6. The zero-order valence-corrected chi connectivity index (χ0v) is 13.8. The molecular formula is C19H33N. The first-order chi connectivity index (χ1) is 9.79. The molecule has 114 valence electrons. The van der Waals surface area contributed by atoms with Gasteiger partial charge in [-0.05, 0) is 32.0 Å². The Hall–Kier alpha value is -0.820. The van der Waals surface area contributed by atoms with Crippen molar-refractivity contribution in [1.29, 1.82) is 0 Å². The van der Waals surface area contributed by atoms with Crippen molar-refractivity contribution in [3.8, 4) is 0 Å². The predicted octanol–water partition coefficient (Wildman–Crippen LogP) is 5.82. The van der Waals surface area contributed by atoms with Crippen molar-refractivity contribution < 1.29 is 0 Å². The largest absolute Gasteiger partial charge is 0.299 e. The molecule has 0 radical (unpaired) electrons. The molecule has 1 heterocycles. The van der Waals surface area contributed by atoms with E-state index in [-0.39, 0.29) is 0 Å². The third-order valence-corrected chi connectivity index (χ3v) is 4.16. The molecule has 2 rings (SSSR count). The number of likely N-dealkylation sites (tertiary alicyclic amines) is 1. The first-order valence-electron chi connectivity index (χ1n) is 8.54. The van der Waals surface area contributed by atoms with Gasteiger partial charge < -0.3 is 0 Å². The Kier molecular flexibility index (Phi) is 9.40. The maximum absolute atomic E-state index is 2.44. The van der Waals surface area contributed by atoms with Crippen molar-refractivity contribution >= 4 is 0 Å². The van der Waals surface area contributed by atoms with Gasteiger partial charge in [-0.3, -0.25) is 4.90 Å². The van der Waals surface area contributed by atoms with Gasteiger partial charge in [0.1, 0.15) is 0 Å². The van der Waals surface area contributed by atoms with Gasteiger partial charge in [-0.1, -0.05) is 82.7 Å². The predicted molar refractivity (Wildman–Crippen MR) is 90.1 cm³/mol. The highest BCUT2D eigenvalue weighted by Gasteiger charge is 2.21. The Morgan fingerprint density at radius 3 is 2.00 bits per heavy atom. The standard InChI is InChI=1S/C11H15N.C8H18/c1-12-9-5-8-11(12)10-6-3-2-4-7-10;1-3-5-7-8-6-4-2/h2-4,6-7,11H,5,8-9H2,1H3;3-8H2,1-2H3. The Morgan fingerprint density at radius 2 is 1.55 bits per heavy atom. The van der Waals surface area contributed by atoms with Crippen LogP contribution in [0, 0.1) is 0 Å². The van der Waals surface area contributed by atoms with E-state index in [9.17, 15) is 0 Å². The van der Waals surface area contributed by atoms with E-state index in [0.29, 0.717) is 6.04 Å². The quantitative estimate of drug-likeness (QED) is 0.591. The van der Waals surface area contributed by atoms with Crippen molar-refractivity contribution in [2.75, 3.05) is 13.6 Å². The molecule has 1 aromatic rings. The number of hydrogen-bond donors (Lipinski definition) is 0. The van der Waals surface area contributed by atoms with Gasteiger partial charge in [-0.15, -0.1) is 0 Å². The number of nitrogens with zero attached hydrogens (tertiary/aromatic N) is 1. The highest BCUT2D eigenvalue weighted by atomic mass is 15.1. The SMILES string of the molecule is CCCCCCCC.CN1CCCC1c1ccccc1. The summed E-state index contributed by atoms with van der Waals surface area (Å²) in [5.41, 5.74) is 1.47. The fraction of sp³-hybridized carbons (Fsp3) is 0.684. The van der Waals surface area contributed by atoms with Crippen LogP contribution in [-0.4, -0.2) is 18.5 Å². The van der Waals surface area contributed by atoms with Gasteiger partial charge in [0.15, 0.2) is 0 Å². The van der Waals surface area contributed by atoms with Crippen LogP contribution < -0.4 is 0 Å². The second-order valence-corrected chi connectivity index (χ2v) is 5.96. The number of hydrogen-bond acceptors (Lipinski definition) is 1. The van der Waals surface area contributed by atoms with E-state index in [4.69, 9.17) is 0 Å². The smallest absolute Gasteiger partial charge is 0.0345 e. The number of benzene rings is 1. The van der Waals surface area contributed by atoms with Crippen LogP contribution in [0.25, 0.3) is 0 Å². The molecular weight excluding hydrogens is 242 g/mol. The Bertz CT molecular complexity index is 314. The summed E-state index contributed by atoms with van der Waals surface area (Å²) in [6, 6.07) is 11.5. The molecule has 0 aromatic heterocycles. The summed E-state index contributed by atoms with van der Waals surface area (Å²) < 4.78 is 0. The second-order valence-electron chi connectivity index (χ2n) is 5.96. The highest BCUT2D eigenvalue weighted by Crippen LogP contribution is 2.29. The molecule has 1 saturated heterocycles. The first kappa shape index (κ1) is 17.2. The van der Waals surface area contributed by atoms with E-state index in [1.165, 1.54) is 63.5 Å². The molecule has 1 aliphatic heterocycles. The van der Waals surface area contributed by atoms with Gasteiger partial charge in [0.2, 0.25) is 0 Å². The van der Waals surface area contributed by atoms with Crippen molar-refractivity contribution in [3.63, 3.8) is 0 Å². The van der Waals surface area contributed by atoms with Crippen LogP contribution in [-0.2, 0) is 0 Å². The lowest BCUT2D eigenvalue weighted by molar-refractivity contribution is 0.317. The number of rotatable bonds is 6. The summed E-state index contributed by atoms with van der Waals surface area (Å²) in [6.45, 7) is 5.76. The molecule has 0 bridgehead atoms. The molecule has 0 spiro atoms. The van der Waals surface area contributed by atoms with Gasteiger partial charge in [-0.25, -0.2) is 0 Å². The third kappa shape index (κ3) is 6.56. The van der Waals surface area contributed by atoms with Gasteiger partial charge in [0, 0.05) is 6.04 Å². The molecule has 1 atom stereocenters. The molecule has 0 amide bonds. The van der Waals surface area contributed by atoms with Crippen LogP contribution in [0.3, 0.4) is 0 Å². The van der Waals surface area contributed by atoms with Gasteiger partial charge in [-0.2, -0.15) is 0 Å².